The van der Waals surface area contributed by atoms with Crippen LogP contribution in [0.5, 0.6) is 0 Å². The van der Waals surface area contributed by atoms with Crippen molar-refractivity contribution in [2.75, 3.05) is 20.1 Å². The zero-order valence-corrected chi connectivity index (χ0v) is 23.4. The molecular formula is C27H31ClF3N3O5S. The van der Waals surface area contributed by atoms with E-state index >= 15 is 0 Å². The summed E-state index contributed by atoms with van der Waals surface area (Å²) in [6, 6.07) is 13.5. The number of benzene rings is 2. The second-order valence-corrected chi connectivity index (χ2v) is 12.6. The molecule has 0 unspecified atom stereocenters. The van der Waals surface area contributed by atoms with Gasteiger partial charge in [-0.25, -0.2) is 13.2 Å². The number of ether oxygens (including phenoxy) is 1. The Hall–Kier alpha value is -2.85. The van der Waals surface area contributed by atoms with E-state index in [4.69, 9.17) is 26.7 Å². The van der Waals surface area contributed by atoms with E-state index in [0.717, 1.165) is 30.8 Å². The van der Waals surface area contributed by atoms with Gasteiger partial charge in [0.15, 0.2) is 9.84 Å². The van der Waals surface area contributed by atoms with E-state index in [0.29, 0.717) is 30.9 Å². The molecule has 13 heteroatoms. The van der Waals surface area contributed by atoms with Crippen LogP contribution in [0.4, 0.5) is 18.0 Å². The summed E-state index contributed by atoms with van der Waals surface area (Å²) in [4.78, 5) is 11.9. The zero-order valence-electron chi connectivity index (χ0n) is 21.8. The normalized spacial score (nSPS) is 21.1. The molecule has 1 amide bonds. The van der Waals surface area contributed by atoms with Gasteiger partial charge in [0.2, 0.25) is 0 Å². The van der Waals surface area contributed by atoms with Crippen molar-refractivity contribution in [2.45, 2.75) is 66.7 Å². The number of hydrogen-bond acceptors (Lipinski definition) is 6. The molecule has 8 nitrogen and oxygen atoms in total. The molecule has 0 radical (unpaired) electrons. The second-order valence-electron chi connectivity index (χ2n) is 9.96. The van der Waals surface area contributed by atoms with Crippen LogP contribution in [0.15, 0.2) is 53.4 Å². The number of carbonyl (C=O) groups is 1. The zero-order chi connectivity index (χ0) is 29.6. The summed E-state index contributed by atoms with van der Waals surface area (Å²) in [7, 11) is -2.13. The molecule has 2 N–H and O–H groups in total. The Balaban J connectivity index is 0.000000285. The summed E-state index contributed by atoms with van der Waals surface area (Å²) in [5.74, 6) is 0. The number of nitrogens with zero attached hydrogens (tertiary/aromatic N) is 2. The monoisotopic (exact) mass is 601 g/mol. The molecule has 1 saturated heterocycles. The Labute approximate surface area is 236 Å². The Morgan fingerprint density at radius 2 is 1.80 bits per heavy atom. The molecule has 2 aromatic rings. The number of carboxylic acid groups (broad SMARTS) is 1. The van der Waals surface area contributed by atoms with E-state index < -0.39 is 43.4 Å². The van der Waals surface area contributed by atoms with Crippen molar-refractivity contribution < 1.29 is 36.2 Å². The van der Waals surface area contributed by atoms with Gasteiger partial charge in [-0.2, -0.15) is 18.4 Å². The minimum atomic E-state index is -4.72. The first-order valence-electron chi connectivity index (χ1n) is 12.6. The van der Waals surface area contributed by atoms with Crippen LogP contribution in [0, 0.1) is 11.3 Å². The minimum Gasteiger partial charge on any atom is -0.465 e. The summed E-state index contributed by atoms with van der Waals surface area (Å²) in [5.41, 5.74) is -1.08. The molecule has 1 saturated carbocycles. The molecular weight excluding hydrogens is 571 g/mol. The maximum Gasteiger partial charge on any atom is 0.417 e. The first-order valence-corrected chi connectivity index (χ1v) is 14.6. The maximum atomic E-state index is 13.2. The Bertz CT molecular complexity index is 1310. The molecule has 2 atom stereocenters. The van der Waals surface area contributed by atoms with Crippen molar-refractivity contribution in [3.05, 3.63) is 64.7 Å². The number of sulfone groups is 1. The number of piperidine rings is 1. The standard InChI is InChI=1S/C19H18ClF3O3S.C8H13N3O2/c20-14-7-5-13(6-8-14)12-26-15-9-10-16(11-15)27(24,25)18-4-2-1-3-17(18)19(21,22)23;1-11-4-2-8(6-9,3-5-11)10-7(12)13/h1-8,15-16H,9-12H2;10H,2-5H2,1H3,(H,12,13)/t15-,16-;/m1./s1. The maximum absolute atomic E-state index is 13.2. The van der Waals surface area contributed by atoms with E-state index in [9.17, 15) is 26.4 Å². The van der Waals surface area contributed by atoms with Gasteiger partial charge in [-0.3, -0.25) is 0 Å². The largest absolute Gasteiger partial charge is 0.465 e. The SMILES string of the molecule is CN1CCC(C#N)(NC(=O)O)CC1.O=S(=O)(c1ccccc1C(F)(F)F)[C@@H]1CC[C@@H](OCc2ccc(Cl)cc2)C1. The highest BCUT2D eigenvalue weighted by atomic mass is 35.5. The van der Waals surface area contributed by atoms with E-state index in [1.165, 1.54) is 12.1 Å². The number of nitrogens with one attached hydrogen (secondary N) is 1. The Kier molecular flexibility index (Phi) is 10.5. The number of rotatable bonds is 6. The molecule has 2 aromatic carbocycles. The van der Waals surface area contributed by atoms with Crippen molar-refractivity contribution in [3.8, 4) is 6.07 Å². The van der Waals surface area contributed by atoms with E-state index in [1.54, 1.807) is 12.1 Å². The molecule has 1 aliphatic carbocycles. The molecule has 0 bridgehead atoms. The lowest BCUT2D eigenvalue weighted by Gasteiger charge is -2.34. The van der Waals surface area contributed by atoms with Crippen LogP contribution in [0.25, 0.3) is 0 Å². The average Bonchev–Trinajstić information content (AvgIpc) is 3.40. The van der Waals surface area contributed by atoms with Gasteiger partial charge in [-0.1, -0.05) is 35.9 Å². The predicted octanol–water partition coefficient (Wildman–Crippen LogP) is 5.51. The fourth-order valence-electron chi connectivity index (χ4n) is 4.73. The van der Waals surface area contributed by atoms with Gasteiger partial charge in [0.25, 0.3) is 0 Å². The van der Waals surface area contributed by atoms with Crippen LogP contribution in [0.2, 0.25) is 5.02 Å². The van der Waals surface area contributed by atoms with E-state index in [1.807, 2.05) is 19.2 Å². The lowest BCUT2D eigenvalue weighted by atomic mass is 9.89. The van der Waals surface area contributed by atoms with Gasteiger partial charge in [0.05, 0.1) is 34.5 Å². The van der Waals surface area contributed by atoms with Crippen molar-refractivity contribution in [3.63, 3.8) is 0 Å². The van der Waals surface area contributed by atoms with Crippen LogP contribution in [0.3, 0.4) is 0 Å². The van der Waals surface area contributed by atoms with Gasteiger partial charge >= 0.3 is 12.3 Å². The fraction of sp³-hybridized carbons (Fsp3) is 0.481. The van der Waals surface area contributed by atoms with Gasteiger partial charge in [0, 0.05) is 18.1 Å². The summed E-state index contributed by atoms with van der Waals surface area (Å²) < 4.78 is 70.9. The molecule has 40 heavy (non-hydrogen) atoms. The third-order valence-electron chi connectivity index (χ3n) is 7.07. The summed E-state index contributed by atoms with van der Waals surface area (Å²) in [6.07, 6.45) is -4.07. The van der Waals surface area contributed by atoms with Crippen LogP contribution in [0.1, 0.15) is 43.2 Å². The van der Waals surface area contributed by atoms with Crippen LogP contribution < -0.4 is 5.32 Å². The number of likely N-dealkylation sites (tertiary alicyclic amines) is 1. The third-order valence-corrected chi connectivity index (χ3v) is 9.60. The van der Waals surface area contributed by atoms with Gasteiger partial charge in [-0.05, 0) is 69.0 Å². The summed E-state index contributed by atoms with van der Waals surface area (Å²) >= 11 is 5.82. The molecule has 2 fully saturated rings. The Morgan fingerprint density at radius 3 is 2.38 bits per heavy atom. The fourth-order valence-corrected chi connectivity index (χ4v) is 6.88. The number of alkyl halides is 3. The van der Waals surface area contributed by atoms with Crippen LogP contribution in [-0.4, -0.2) is 61.5 Å². The van der Waals surface area contributed by atoms with Crippen molar-refractivity contribution in [1.29, 1.82) is 5.26 Å². The highest BCUT2D eigenvalue weighted by Crippen LogP contribution is 2.38. The molecule has 4 rings (SSSR count). The molecule has 0 aromatic heterocycles. The van der Waals surface area contributed by atoms with Gasteiger partial charge < -0.3 is 20.1 Å². The minimum absolute atomic E-state index is 0.183. The summed E-state index contributed by atoms with van der Waals surface area (Å²) in [6.45, 7) is 1.81. The number of hydrogen-bond donors (Lipinski definition) is 2. The smallest absolute Gasteiger partial charge is 0.417 e. The van der Waals surface area contributed by atoms with Gasteiger partial charge in [-0.15, -0.1) is 0 Å². The third kappa shape index (κ3) is 8.33. The second kappa shape index (κ2) is 13.2. The molecule has 1 heterocycles. The lowest BCUT2D eigenvalue weighted by molar-refractivity contribution is -0.139. The number of halogens is 4. The molecule has 0 spiro atoms. The Morgan fingerprint density at radius 1 is 1.18 bits per heavy atom. The van der Waals surface area contributed by atoms with E-state index in [2.05, 4.69) is 16.3 Å². The lowest BCUT2D eigenvalue weighted by Crippen LogP contribution is -2.53. The molecule has 218 valence electrons. The molecule has 1 aliphatic heterocycles. The van der Waals surface area contributed by atoms with Gasteiger partial charge in [0.1, 0.15) is 5.54 Å². The molecule has 2 aliphatic rings. The predicted molar refractivity (Wildman–Crippen MR) is 143 cm³/mol. The van der Waals surface area contributed by atoms with Crippen LogP contribution >= 0.6 is 11.6 Å². The first kappa shape index (κ1) is 31.7. The highest BCUT2D eigenvalue weighted by Gasteiger charge is 2.42. The first-order chi connectivity index (χ1) is 18.8. The highest BCUT2D eigenvalue weighted by molar-refractivity contribution is 7.92. The van der Waals surface area contributed by atoms with E-state index in [-0.39, 0.29) is 18.9 Å². The topological polar surface area (TPSA) is 120 Å². The van der Waals surface area contributed by atoms with Crippen molar-refractivity contribution in [2.24, 2.45) is 0 Å². The summed E-state index contributed by atoms with van der Waals surface area (Å²) in [5, 5.41) is 19.5. The van der Waals surface area contributed by atoms with Crippen molar-refractivity contribution in [1.82, 2.24) is 10.2 Å². The van der Waals surface area contributed by atoms with Crippen LogP contribution in [-0.2, 0) is 27.4 Å². The quantitative estimate of drug-likeness (QED) is 0.448. The van der Waals surface area contributed by atoms with Crippen molar-refractivity contribution >= 4 is 27.5 Å². The number of nitriles is 1. The number of amides is 1. The average molecular weight is 602 g/mol.